The molecule has 2 amide bonds. The van der Waals surface area contributed by atoms with E-state index in [2.05, 4.69) is 10.2 Å². The van der Waals surface area contributed by atoms with Crippen molar-refractivity contribution < 1.29 is 27.5 Å². The summed E-state index contributed by atoms with van der Waals surface area (Å²) in [6.07, 6.45) is 10.2. The number of nitrogens with one attached hydrogen (secondary N) is 1. The third-order valence-electron chi connectivity index (χ3n) is 10.3. The average molecular weight is 691 g/mol. The lowest BCUT2D eigenvalue weighted by molar-refractivity contribution is 0.0142. The summed E-state index contributed by atoms with van der Waals surface area (Å²) in [6, 6.07) is 7.22. The number of rotatable bonds is 4. The van der Waals surface area contributed by atoms with Crippen LogP contribution in [0.1, 0.15) is 92.9 Å². The van der Waals surface area contributed by atoms with Gasteiger partial charge in [-0.25, -0.2) is 18.0 Å². The maximum Gasteiger partial charge on any atom is 0.410 e. The molecule has 4 heterocycles. The standard InChI is InChI=1S/C22H34N2O4S.C15H28N2O2/c1-22(2,3)28-21(25)24-15-11-18(12-16-24)17-9-13-23(14-10-17)19-5-7-20(8-6-19)29(4,26)27;1-15(2,3)19-14(18)17-10-6-13(7-11-17)12-4-8-16-9-5-12/h5-8,17-18H,9-16H2,1-4H3;12-13,16H,4-11H2,1-3H3. The van der Waals surface area contributed by atoms with Crippen LogP contribution in [0.25, 0.3) is 0 Å². The van der Waals surface area contributed by atoms with Crippen LogP contribution in [0.15, 0.2) is 29.2 Å². The third-order valence-corrected chi connectivity index (χ3v) is 11.4. The minimum absolute atomic E-state index is 0.142. The zero-order chi connectivity index (χ0) is 35.1. The number of likely N-dealkylation sites (tertiary alicyclic amines) is 2. The Hall–Kier alpha value is -2.53. The molecule has 10 nitrogen and oxygen atoms in total. The Kier molecular flexibility index (Phi) is 13.1. The average Bonchev–Trinajstić information content (AvgIpc) is 3.04. The first-order chi connectivity index (χ1) is 22.5. The van der Waals surface area contributed by atoms with Crippen LogP contribution in [0.3, 0.4) is 0 Å². The van der Waals surface area contributed by atoms with Crippen molar-refractivity contribution in [3.63, 3.8) is 0 Å². The first kappa shape index (κ1) is 38.3. The Morgan fingerprint density at radius 3 is 1.33 bits per heavy atom. The third kappa shape index (κ3) is 11.8. The number of carbonyl (C=O) groups excluding carboxylic acids is 2. The van der Waals surface area contributed by atoms with E-state index in [9.17, 15) is 18.0 Å². The highest BCUT2D eigenvalue weighted by molar-refractivity contribution is 7.90. The van der Waals surface area contributed by atoms with Gasteiger partial charge in [0, 0.05) is 51.2 Å². The van der Waals surface area contributed by atoms with Crippen molar-refractivity contribution in [3.05, 3.63) is 24.3 Å². The number of sulfone groups is 1. The highest BCUT2D eigenvalue weighted by Gasteiger charge is 2.33. The van der Waals surface area contributed by atoms with Gasteiger partial charge in [-0.05, 0) is 154 Å². The van der Waals surface area contributed by atoms with Gasteiger partial charge in [0.15, 0.2) is 9.84 Å². The van der Waals surface area contributed by atoms with E-state index in [1.54, 1.807) is 12.1 Å². The summed E-state index contributed by atoms with van der Waals surface area (Å²) in [5, 5.41) is 3.42. The molecule has 272 valence electrons. The monoisotopic (exact) mass is 690 g/mol. The van der Waals surface area contributed by atoms with Crippen molar-refractivity contribution in [1.82, 2.24) is 15.1 Å². The summed E-state index contributed by atoms with van der Waals surface area (Å²) in [5.74, 6) is 3.04. The van der Waals surface area contributed by atoms with Crippen LogP contribution < -0.4 is 10.2 Å². The molecule has 1 aromatic rings. The van der Waals surface area contributed by atoms with Crippen molar-refractivity contribution in [2.45, 2.75) is 109 Å². The second-order valence-corrected chi connectivity index (χ2v) is 18.3. The number of hydrogen-bond acceptors (Lipinski definition) is 8. The molecular weight excluding hydrogens is 628 g/mol. The molecule has 0 unspecified atom stereocenters. The van der Waals surface area contributed by atoms with E-state index in [0.29, 0.717) is 16.7 Å². The Bertz CT molecular complexity index is 1280. The zero-order valence-electron chi connectivity index (χ0n) is 30.6. The number of piperidine rings is 4. The summed E-state index contributed by atoms with van der Waals surface area (Å²) in [7, 11) is -3.15. The number of anilines is 1. The summed E-state index contributed by atoms with van der Waals surface area (Å²) >= 11 is 0. The van der Waals surface area contributed by atoms with Gasteiger partial charge in [-0.2, -0.15) is 0 Å². The molecule has 1 N–H and O–H groups in total. The fourth-order valence-corrected chi connectivity index (χ4v) is 8.24. The fourth-order valence-electron chi connectivity index (χ4n) is 7.61. The van der Waals surface area contributed by atoms with E-state index in [4.69, 9.17) is 9.47 Å². The van der Waals surface area contributed by atoms with E-state index < -0.39 is 15.4 Å². The molecular formula is C37H62N4O6S. The topological polar surface area (TPSA) is 108 Å². The van der Waals surface area contributed by atoms with Crippen LogP contribution in [-0.4, -0.2) is 100 Å². The smallest absolute Gasteiger partial charge is 0.410 e. The molecule has 4 fully saturated rings. The van der Waals surface area contributed by atoms with E-state index in [1.165, 1.54) is 19.1 Å². The van der Waals surface area contributed by atoms with Crippen LogP contribution in [0.2, 0.25) is 0 Å². The Balaban J connectivity index is 0.000000237. The maximum atomic E-state index is 12.2. The first-order valence-corrected chi connectivity index (χ1v) is 20.1. The lowest BCUT2D eigenvalue weighted by Gasteiger charge is -2.41. The largest absolute Gasteiger partial charge is 0.444 e. The molecule has 0 bridgehead atoms. The van der Waals surface area contributed by atoms with E-state index in [0.717, 1.165) is 108 Å². The SMILES string of the molecule is CC(C)(C)OC(=O)N1CCC(C2CCN(c3ccc(S(C)(=O)=O)cc3)CC2)CC1.CC(C)(C)OC(=O)N1CCC(C2CCNCC2)CC1. The van der Waals surface area contributed by atoms with Gasteiger partial charge in [0.05, 0.1) is 4.90 Å². The fraction of sp³-hybridized carbons (Fsp3) is 0.784. The van der Waals surface area contributed by atoms with Gasteiger partial charge in [0.1, 0.15) is 11.2 Å². The van der Waals surface area contributed by atoms with Crippen LogP contribution in [0, 0.1) is 23.7 Å². The normalized spacial score (nSPS) is 21.4. The molecule has 0 saturated carbocycles. The van der Waals surface area contributed by atoms with E-state index in [-0.39, 0.29) is 17.8 Å². The number of amides is 2. The molecule has 4 saturated heterocycles. The van der Waals surface area contributed by atoms with Gasteiger partial charge in [0.2, 0.25) is 0 Å². The van der Waals surface area contributed by atoms with Gasteiger partial charge >= 0.3 is 12.2 Å². The maximum absolute atomic E-state index is 12.2. The van der Waals surface area contributed by atoms with Gasteiger partial charge < -0.3 is 29.5 Å². The van der Waals surface area contributed by atoms with Crippen molar-refractivity contribution in [1.29, 1.82) is 0 Å². The number of hydrogen-bond donors (Lipinski definition) is 1. The molecule has 0 radical (unpaired) electrons. The minimum Gasteiger partial charge on any atom is -0.444 e. The Morgan fingerprint density at radius 2 is 0.979 bits per heavy atom. The van der Waals surface area contributed by atoms with E-state index in [1.807, 2.05) is 63.5 Å². The number of nitrogens with zero attached hydrogens (tertiary/aromatic N) is 3. The second-order valence-electron chi connectivity index (χ2n) is 16.3. The lowest BCUT2D eigenvalue weighted by atomic mass is 9.79. The summed E-state index contributed by atoms with van der Waals surface area (Å²) in [5.41, 5.74) is 0.263. The molecule has 0 spiro atoms. The van der Waals surface area contributed by atoms with Gasteiger partial charge in [-0.1, -0.05) is 0 Å². The Morgan fingerprint density at radius 1 is 0.625 bits per heavy atom. The predicted molar refractivity (Wildman–Crippen MR) is 191 cm³/mol. The first-order valence-electron chi connectivity index (χ1n) is 18.2. The molecule has 4 aliphatic heterocycles. The van der Waals surface area contributed by atoms with Crippen LogP contribution in [0.5, 0.6) is 0 Å². The highest BCUT2D eigenvalue weighted by atomic mass is 32.2. The van der Waals surface area contributed by atoms with Crippen LogP contribution in [0.4, 0.5) is 15.3 Å². The molecule has 1 aromatic carbocycles. The number of carbonyl (C=O) groups is 2. The van der Waals surface area contributed by atoms with Crippen molar-refractivity contribution in [2.75, 3.05) is 63.5 Å². The van der Waals surface area contributed by atoms with Gasteiger partial charge in [-0.15, -0.1) is 0 Å². The van der Waals surface area contributed by atoms with E-state index >= 15 is 0 Å². The summed E-state index contributed by atoms with van der Waals surface area (Å²) < 4.78 is 34.2. The molecule has 4 aliphatic rings. The van der Waals surface area contributed by atoms with Crippen molar-refractivity contribution >= 4 is 27.7 Å². The highest BCUT2D eigenvalue weighted by Crippen LogP contribution is 2.35. The second kappa shape index (κ2) is 16.5. The Labute approximate surface area is 290 Å². The molecule has 48 heavy (non-hydrogen) atoms. The number of benzene rings is 1. The number of ether oxygens (including phenoxy) is 2. The van der Waals surface area contributed by atoms with Crippen molar-refractivity contribution in [3.8, 4) is 0 Å². The molecule has 0 aliphatic carbocycles. The predicted octanol–water partition coefficient (Wildman–Crippen LogP) is 6.59. The van der Waals surface area contributed by atoms with Gasteiger partial charge in [0.25, 0.3) is 0 Å². The summed E-state index contributed by atoms with van der Waals surface area (Å²) in [6.45, 7) is 19.1. The minimum atomic E-state index is -3.15. The molecule has 0 aromatic heterocycles. The zero-order valence-corrected chi connectivity index (χ0v) is 31.4. The van der Waals surface area contributed by atoms with Crippen LogP contribution in [-0.2, 0) is 19.3 Å². The quantitative estimate of drug-likeness (QED) is 0.377. The lowest BCUT2D eigenvalue weighted by Crippen LogP contribution is -2.44. The van der Waals surface area contributed by atoms with Gasteiger partial charge in [-0.3, -0.25) is 0 Å². The molecule has 0 atom stereocenters. The van der Waals surface area contributed by atoms with Crippen molar-refractivity contribution in [2.24, 2.45) is 23.7 Å². The summed E-state index contributed by atoms with van der Waals surface area (Å²) in [4.78, 5) is 30.7. The molecule has 5 rings (SSSR count). The van der Waals surface area contributed by atoms with Crippen LogP contribution >= 0.6 is 0 Å². The molecule has 11 heteroatoms.